The van der Waals surface area contributed by atoms with Gasteiger partial charge < -0.3 is 18.9 Å². The van der Waals surface area contributed by atoms with Crippen molar-refractivity contribution in [3.63, 3.8) is 0 Å². The van der Waals surface area contributed by atoms with Crippen molar-refractivity contribution in [3.8, 4) is 11.5 Å². The van der Waals surface area contributed by atoms with Crippen molar-refractivity contribution in [1.29, 1.82) is 0 Å². The zero-order chi connectivity index (χ0) is 17.8. The average molecular weight is 346 g/mol. The Balaban J connectivity index is 1.58. The fourth-order valence-electron chi connectivity index (χ4n) is 3.64. The van der Waals surface area contributed by atoms with Crippen molar-refractivity contribution < 1.29 is 18.8 Å². The molecule has 0 radical (unpaired) electrons. The molecule has 1 aliphatic heterocycles. The minimum Gasteiger partial charge on any atom is -0.493 e. The third kappa shape index (κ3) is 3.72. The van der Waals surface area contributed by atoms with Gasteiger partial charge in [0.25, 0.3) is 0 Å². The molecule has 1 aliphatic rings. The van der Waals surface area contributed by atoms with Gasteiger partial charge >= 0.3 is 0 Å². The molecule has 136 valence electrons. The molecule has 1 fully saturated rings. The fourth-order valence-corrected chi connectivity index (χ4v) is 3.64. The molecule has 1 saturated heterocycles. The summed E-state index contributed by atoms with van der Waals surface area (Å²) in [5.41, 5.74) is 1.61. The van der Waals surface area contributed by atoms with Crippen molar-refractivity contribution in [2.24, 2.45) is 5.92 Å². The van der Waals surface area contributed by atoms with Gasteiger partial charge in [0.1, 0.15) is 0 Å². The Labute approximate surface area is 148 Å². The maximum absolute atomic E-state index is 11.4. The third-order valence-corrected chi connectivity index (χ3v) is 5.14. The molecule has 0 bridgehead atoms. The Morgan fingerprint density at radius 2 is 2.04 bits per heavy atom. The summed E-state index contributed by atoms with van der Waals surface area (Å²) in [6.45, 7) is 3.44. The molecule has 25 heavy (non-hydrogen) atoms. The standard InChI is InChI=1S/C19H26N2O4/c1-13(22)21-11-9-14(10-12-21)5-4-6-16-15-7-8-17(23-2)19(24-3)18(15)25-20-16/h7-8,14H,4-6,9-12H2,1-3H3. The van der Waals surface area contributed by atoms with E-state index >= 15 is 0 Å². The van der Waals surface area contributed by atoms with Crippen molar-refractivity contribution in [2.45, 2.75) is 39.0 Å². The SMILES string of the molecule is COc1ccc2c(CCCC3CCN(C(C)=O)CC3)noc2c1OC. The number of hydrogen-bond donors (Lipinski definition) is 0. The van der Waals surface area contributed by atoms with Crippen LogP contribution in [0, 0.1) is 5.92 Å². The lowest BCUT2D eigenvalue weighted by Gasteiger charge is -2.31. The summed E-state index contributed by atoms with van der Waals surface area (Å²) in [4.78, 5) is 13.3. The van der Waals surface area contributed by atoms with Crippen LogP contribution in [0.3, 0.4) is 0 Å². The fraction of sp³-hybridized carbons (Fsp3) is 0.579. The molecule has 0 aliphatic carbocycles. The normalized spacial score (nSPS) is 15.6. The van der Waals surface area contributed by atoms with Crippen molar-refractivity contribution in [2.75, 3.05) is 27.3 Å². The van der Waals surface area contributed by atoms with Gasteiger partial charge in [-0.2, -0.15) is 0 Å². The number of rotatable bonds is 6. The summed E-state index contributed by atoms with van der Waals surface area (Å²) < 4.78 is 16.2. The molecule has 1 aromatic carbocycles. The molecule has 6 nitrogen and oxygen atoms in total. The maximum Gasteiger partial charge on any atom is 0.219 e. The molecule has 0 atom stereocenters. The smallest absolute Gasteiger partial charge is 0.219 e. The van der Waals surface area contributed by atoms with Crippen LogP contribution in [-0.4, -0.2) is 43.3 Å². The zero-order valence-corrected chi connectivity index (χ0v) is 15.2. The Morgan fingerprint density at radius 1 is 1.28 bits per heavy atom. The lowest BCUT2D eigenvalue weighted by molar-refractivity contribution is -0.130. The molecular formula is C19H26N2O4. The number of benzene rings is 1. The minimum absolute atomic E-state index is 0.192. The summed E-state index contributed by atoms with van der Waals surface area (Å²) in [6.07, 6.45) is 5.32. The summed E-state index contributed by atoms with van der Waals surface area (Å²) in [7, 11) is 3.21. The van der Waals surface area contributed by atoms with E-state index in [2.05, 4.69) is 5.16 Å². The Hall–Kier alpha value is -2.24. The average Bonchev–Trinajstić information content (AvgIpc) is 3.04. The van der Waals surface area contributed by atoms with Gasteiger partial charge in [0.2, 0.25) is 17.2 Å². The quantitative estimate of drug-likeness (QED) is 0.802. The molecule has 0 spiro atoms. The van der Waals surface area contributed by atoms with Crippen LogP contribution in [0.2, 0.25) is 0 Å². The first-order valence-electron chi connectivity index (χ1n) is 8.88. The number of fused-ring (bicyclic) bond motifs is 1. The second kappa shape index (κ2) is 7.76. The van der Waals surface area contributed by atoms with E-state index in [-0.39, 0.29) is 5.91 Å². The lowest BCUT2D eigenvalue weighted by atomic mass is 9.91. The molecule has 2 aromatic rings. The third-order valence-electron chi connectivity index (χ3n) is 5.14. The molecule has 3 rings (SSSR count). The van der Waals surface area contributed by atoms with Crippen LogP contribution in [-0.2, 0) is 11.2 Å². The van der Waals surface area contributed by atoms with Gasteiger partial charge in [0.15, 0.2) is 5.75 Å². The van der Waals surface area contributed by atoms with E-state index < -0.39 is 0 Å². The second-order valence-electron chi connectivity index (χ2n) is 6.65. The van der Waals surface area contributed by atoms with E-state index in [1.165, 1.54) is 0 Å². The number of hydrogen-bond acceptors (Lipinski definition) is 5. The Morgan fingerprint density at radius 3 is 2.68 bits per heavy atom. The van der Waals surface area contributed by atoms with E-state index in [0.717, 1.165) is 56.3 Å². The van der Waals surface area contributed by atoms with Gasteiger partial charge in [0, 0.05) is 25.4 Å². The molecule has 1 amide bonds. The largest absolute Gasteiger partial charge is 0.493 e. The van der Waals surface area contributed by atoms with Crippen molar-refractivity contribution in [1.82, 2.24) is 10.1 Å². The summed E-state index contributed by atoms with van der Waals surface area (Å²) >= 11 is 0. The molecule has 6 heteroatoms. The van der Waals surface area contributed by atoms with Crippen molar-refractivity contribution >= 4 is 16.9 Å². The van der Waals surface area contributed by atoms with Crippen LogP contribution in [0.4, 0.5) is 0 Å². The molecule has 0 N–H and O–H groups in total. The van der Waals surface area contributed by atoms with Gasteiger partial charge in [-0.05, 0) is 50.2 Å². The van der Waals surface area contributed by atoms with Crippen molar-refractivity contribution in [3.05, 3.63) is 17.8 Å². The van der Waals surface area contributed by atoms with E-state index in [1.54, 1.807) is 21.1 Å². The van der Waals surface area contributed by atoms with E-state index in [0.29, 0.717) is 23.0 Å². The number of likely N-dealkylation sites (tertiary alicyclic amines) is 1. The number of ether oxygens (including phenoxy) is 2. The zero-order valence-electron chi connectivity index (χ0n) is 15.2. The first kappa shape index (κ1) is 17.6. The highest BCUT2D eigenvalue weighted by atomic mass is 16.5. The molecule has 0 unspecified atom stereocenters. The van der Waals surface area contributed by atoms with E-state index in [9.17, 15) is 4.79 Å². The Kier molecular flexibility index (Phi) is 5.46. The number of nitrogens with zero attached hydrogens (tertiary/aromatic N) is 2. The van der Waals surface area contributed by atoms with Gasteiger partial charge in [0.05, 0.1) is 19.9 Å². The number of amides is 1. The first-order valence-corrected chi connectivity index (χ1v) is 8.88. The van der Waals surface area contributed by atoms with Crippen LogP contribution < -0.4 is 9.47 Å². The molecule has 0 saturated carbocycles. The van der Waals surface area contributed by atoms with Gasteiger partial charge in [-0.1, -0.05) is 5.16 Å². The number of aryl methyl sites for hydroxylation is 1. The Bertz CT molecular complexity index is 732. The monoisotopic (exact) mass is 346 g/mol. The van der Waals surface area contributed by atoms with Crippen LogP contribution >= 0.6 is 0 Å². The van der Waals surface area contributed by atoms with Crippen LogP contribution in [0.25, 0.3) is 11.0 Å². The molecular weight excluding hydrogens is 320 g/mol. The van der Waals surface area contributed by atoms with Gasteiger partial charge in [-0.25, -0.2) is 0 Å². The molecule has 2 heterocycles. The summed E-state index contributed by atoms with van der Waals surface area (Å²) in [5, 5.41) is 5.22. The van der Waals surface area contributed by atoms with E-state index in [4.69, 9.17) is 14.0 Å². The lowest BCUT2D eigenvalue weighted by Crippen LogP contribution is -2.36. The van der Waals surface area contributed by atoms with Crippen LogP contribution in [0.1, 0.15) is 38.3 Å². The van der Waals surface area contributed by atoms with Crippen LogP contribution in [0.5, 0.6) is 11.5 Å². The number of carbonyl (C=O) groups excluding carboxylic acids is 1. The highest BCUT2D eigenvalue weighted by Gasteiger charge is 2.21. The van der Waals surface area contributed by atoms with E-state index in [1.807, 2.05) is 17.0 Å². The minimum atomic E-state index is 0.192. The topological polar surface area (TPSA) is 64.8 Å². The number of aromatic nitrogens is 1. The highest BCUT2D eigenvalue weighted by Crippen LogP contribution is 2.37. The number of methoxy groups -OCH3 is 2. The predicted molar refractivity (Wildman–Crippen MR) is 95.0 cm³/mol. The summed E-state index contributed by atoms with van der Waals surface area (Å²) in [5.74, 6) is 2.13. The molecule has 1 aromatic heterocycles. The number of piperidine rings is 1. The summed E-state index contributed by atoms with van der Waals surface area (Å²) in [6, 6.07) is 3.87. The van der Waals surface area contributed by atoms with Gasteiger partial charge in [-0.3, -0.25) is 4.79 Å². The highest BCUT2D eigenvalue weighted by molar-refractivity contribution is 5.87. The first-order chi connectivity index (χ1) is 12.1. The van der Waals surface area contributed by atoms with Gasteiger partial charge in [-0.15, -0.1) is 0 Å². The van der Waals surface area contributed by atoms with Crippen LogP contribution in [0.15, 0.2) is 16.7 Å². The maximum atomic E-state index is 11.4. The predicted octanol–water partition coefficient (Wildman–Crippen LogP) is 3.43. The number of carbonyl (C=O) groups is 1. The second-order valence-corrected chi connectivity index (χ2v) is 6.65.